The van der Waals surface area contributed by atoms with Gasteiger partial charge in [0.15, 0.2) is 0 Å². The van der Waals surface area contributed by atoms with Crippen molar-refractivity contribution >= 4 is 11.8 Å². The molecule has 0 saturated heterocycles. The van der Waals surface area contributed by atoms with E-state index in [-0.39, 0.29) is 36.3 Å². The Hall–Kier alpha value is -3.78. The number of carbonyl (C=O) groups excluding carboxylic acids is 2. The standard InChI is InChI=1S/C28H32N4O4/c1-18-8-5-6-10-23(18)22-12-24-26(30-14-22)36-25(19(2)15-32(28(24)35)20(3)17-33)16-31(4)27(34)21-9-7-11-29-13-21/h5-14,19-20,25,33H,15-17H2,1-4H3/t19-,20+,25+/m1/s1. The van der Waals surface area contributed by atoms with Gasteiger partial charge in [0.2, 0.25) is 5.88 Å². The van der Waals surface area contributed by atoms with E-state index >= 15 is 0 Å². The Morgan fingerprint density at radius 2 is 2.00 bits per heavy atom. The van der Waals surface area contributed by atoms with E-state index in [1.165, 1.54) is 6.20 Å². The summed E-state index contributed by atoms with van der Waals surface area (Å²) in [5.74, 6) is -0.301. The van der Waals surface area contributed by atoms with Crippen molar-refractivity contribution in [1.82, 2.24) is 19.8 Å². The number of benzene rings is 1. The predicted molar refractivity (Wildman–Crippen MR) is 137 cm³/mol. The van der Waals surface area contributed by atoms with Gasteiger partial charge in [0.1, 0.15) is 11.7 Å². The number of carbonyl (C=O) groups is 2. The molecule has 0 spiro atoms. The van der Waals surface area contributed by atoms with Gasteiger partial charge in [-0.25, -0.2) is 4.98 Å². The molecule has 2 aromatic heterocycles. The number of aromatic nitrogens is 2. The van der Waals surface area contributed by atoms with Crippen LogP contribution in [0.5, 0.6) is 5.88 Å². The van der Waals surface area contributed by atoms with Crippen LogP contribution in [0, 0.1) is 12.8 Å². The maximum absolute atomic E-state index is 13.6. The number of hydrogen-bond acceptors (Lipinski definition) is 6. The molecule has 3 aromatic rings. The van der Waals surface area contributed by atoms with Crippen molar-refractivity contribution in [3.63, 3.8) is 0 Å². The van der Waals surface area contributed by atoms with Crippen molar-refractivity contribution in [3.8, 4) is 17.0 Å². The number of pyridine rings is 2. The van der Waals surface area contributed by atoms with Crippen LogP contribution in [0.25, 0.3) is 11.1 Å². The van der Waals surface area contributed by atoms with Gasteiger partial charge in [0, 0.05) is 43.7 Å². The van der Waals surface area contributed by atoms with Crippen LogP contribution in [-0.4, -0.2) is 75.6 Å². The van der Waals surface area contributed by atoms with Gasteiger partial charge < -0.3 is 19.6 Å². The molecule has 2 amide bonds. The number of likely N-dealkylation sites (N-methyl/N-ethyl adjacent to an activating group) is 1. The normalized spacial score (nSPS) is 18.5. The largest absolute Gasteiger partial charge is 0.472 e. The molecule has 0 saturated carbocycles. The lowest BCUT2D eigenvalue weighted by Gasteiger charge is -2.37. The molecule has 0 bridgehead atoms. The molecule has 1 aromatic carbocycles. The number of ether oxygens (including phenoxy) is 1. The highest BCUT2D eigenvalue weighted by Gasteiger charge is 2.35. The van der Waals surface area contributed by atoms with E-state index in [0.29, 0.717) is 24.2 Å². The monoisotopic (exact) mass is 488 g/mol. The zero-order valence-electron chi connectivity index (χ0n) is 21.1. The molecule has 0 unspecified atom stereocenters. The summed E-state index contributed by atoms with van der Waals surface area (Å²) in [5.41, 5.74) is 3.70. The maximum Gasteiger partial charge on any atom is 0.259 e. The van der Waals surface area contributed by atoms with E-state index < -0.39 is 6.10 Å². The average Bonchev–Trinajstić information content (AvgIpc) is 2.90. The van der Waals surface area contributed by atoms with Crippen LogP contribution in [0.2, 0.25) is 0 Å². The van der Waals surface area contributed by atoms with Gasteiger partial charge in [-0.2, -0.15) is 0 Å². The highest BCUT2D eigenvalue weighted by Crippen LogP contribution is 2.31. The van der Waals surface area contributed by atoms with Crippen molar-refractivity contribution in [2.45, 2.75) is 32.9 Å². The third-order valence-electron chi connectivity index (χ3n) is 6.69. The first kappa shape index (κ1) is 25.3. The number of nitrogens with zero attached hydrogens (tertiary/aromatic N) is 4. The summed E-state index contributed by atoms with van der Waals surface area (Å²) >= 11 is 0. The van der Waals surface area contributed by atoms with Gasteiger partial charge in [-0.15, -0.1) is 0 Å². The van der Waals surface area contributed by atoms with E-state index in [1.54, 1.807) is 41.4 Å². The second-order valence-corrected chi connectivity index (χ2v) is 9.44. The zero-order valence-corrected chi connectivity index (χ0v) is 21.1. The van der Waals surface area contributed by atoms with Crippen molar-refractivity contribution in [1.29, 1.82) is 0 Å². The molecule has 0 radical (unpaired) electrons. The third kappa shape index (κ3) is 5.23. The summed E-state index contributed by atoms with van der Waals surface area (Å²) in [6.07, 6.45) is 4.45. The van der Waals surface area contributed by atoms with Crippen LogP contribution < -0.4 is 4.74 Å². The summed E-state index contributed by atoms with van der Waals surface area (Å²) in [6.45, 7) is 6.31. The third-order valence-corrected chi connectivity index (χ3v) is 6.69. The van der Waals surface area contributed by atoms with Crippen molar-refractivity contribution in [2.24, 2.45) is 5.92 Å². The molecule has 188 valence electrons. The van der Waals surface area contributed by atoms with Gasteiger partial charge in [-0.3, -0.25) is 14.6 Å². The fourth-order valence-corrected chi connectivity index (χ4v) is 4.43. The fraction of sp³-hybridized carbons (Fsp3) is 0.357. The number of fused-ring (bicyclic) bond motifs is 1. The lowest BCUT2D eigenvalue weighted by molar-refractivity contribution is 0.0313. The SMILES string of the molecule is Cc1ccccc1-c1cnc2c(c1)C(=O)N([C@@H](C)CO)C[C@@H](C)[C@H](CN(C)C(=O)c1cccnc1)O2. The molecule has 1 N–H and O–H groups in total. The van der Waals surface area contributed by atoms with E-state index in [9.17, 15) is 14.7 Å². The molecular formula is C28H32N4O4. The predicted octanol–water partition coefficient (Wildman–Crippen LogP) is 3.44. The molecule has 36 heavy (non-hydrogen) atoms. The maximum atomic E-state index is 13.6. The Morgan fingerprint density at radius 1 is 1.22 bits per heavy atom. The van der Waals surface area contributed by atoms with Crippen molar-refractivity contribution in [2.75, 3.05) is 26.7 Å². The molecule has 1 aliphatic heterocycles. The van der Waals surface area contributed by atoms with Crippen molar-refractivity contribution in [3.05, 3.63) is 77.7 Å². The minimum atomic E-state index is -0.423. The zero-order chi connectivity index (χ0) is 25.8. The lowest BCUT2D eigenvalue weighted by Crippen LogP contribution is -2.50. The minimum absolute atomic E-state index is 0.127. The van der Waals surface area contributed by atoms with Crippen LogP contribution in [0.4, 0.5) is 0 Å². The summed E-state index contributed by atoms with van der Waals surface area (Å²) in [4.78, 5) is 38.5. The number of aliphatic hydroxyl groups excluding tert-OH is 1. The van der Waals surface area contributed by atoms with Crippen LogP contribution in [0.1, 0.15) is 40.1 Å². The topological polar surface area (TPSA) is 95.9 Å². The first-order valence-corrected chi connectivity index (χ1v) is 12.1. The molecule has 3 heterocycles. The van der Waals surface area contributed by atoms with E-state index in [0.717, 1.165) is 16.7 Å². The highest BCUT2D eigenvalue weighted by atomic mass is 16.5. The average molecular weight is 489 g/mol. The molecule has 0 aliphatic carbocycles. The Labute approximate surface area is 211 Å². The molecule has 4 rings (SSSR count). The van der Waals surface area contributed by atoms with Gasteiger partial charge >= 0.3 is 0 Å². The summed E-state index contributed by atoms with van der Waals surface area (Å²) < 4.78 is 6.33. The van der Waals surface area contributed by atoms with Gasteiger partial charge in [-0.1, -0.05) is 31.2 Å². The molecule has 8 nitrogen and oxygen atoms in total. The minimum Gasteiger partial charge on any atom is -0.472 e. The summed E-state index contributed by atoms with van der Waals surface area (Å²) in [6, 6.07) is 12.8. The fourth-order valence-electron chi connectivity index (χ4n) is 4.43. The quantitative estimate of drug-likeness (QED) is 0.571. The molecule has 0 fully saturated rings. The lowest BCUT2D eigenvalue weighted by atomic mass is 9.98. The van der Waals surface area contributed by atoms with E-state index in [2.05, 4.69) is 9.97 Å². The number of rotatable bonds is 6. The Morgan fingerprint density at radius 3 is 2.69 bits per heavy atom. The molecular weight excluding hydrogens is 456 g/mol. The van der Waals surface area contributed by atoms with Crippen LogP contribution in [-0.2, 0) is 0 Å². The van der Waals surface area contributed by atoms with E-state index in [4.69, 9.17) is 4.74 Å². The number of amides is 2. The van der Waals surface area contributed by atoms with Crippen LogP contribution in [0.15, 0.2) is 61.1 Å². The van der Waals surface area contributed by atoms with Gasteiger partial charge in [0.05, 0.1) is 24.8 Å². The highest BCUT2D eigenvalue weighted by molar-refractivity contribution is 5.98. The Kier molecular flexibility index (Phi) is 7.64. The molecule has 3 atom stereocenters. The number of aryl methyl sites for hydroxylation is 1. The Bertz CT molecular complexity index is 1230. The number of hydrogen-bond donors (Lipinski definition) is 1. The molecule has 1 aliphatic rings. The first-order valence-electron chi connectivity index (χ1n) is 12.1. The summed E-state index contributed by atoms with van der Waals surface area (Å²) in [7, 11) is 1.72. The number of aliphatic hydroxyl groups is 1. The summed E-state index contributed by atoms with van der Waals surface area (Å²) in [5, 5.41) is 9.88. The molecule has 8 heteroatoms. The van der Waals surface area contributed by atoms with Crippen LogP contribution in [0.3, 0.4) is 0 Å². The van der Waals surface area contributed by atoms with Crippen molar-refractivity contribution < 1.29 is 19.4 Å². The first-order chi connectivity index (χ1) is 17.3. The van der Waals surface area contributed by atoms with Crippen LogP contribution >= 0.6 is 0 Å². The Balaban J connectivity index is 1.70. The second kappa shape index (κ2) is 10.9. The smallest absolute Gasteiger partial charge is 0.259 e. The van der Waals surface area contributed by atoms with Gasteiger partial charge in [0.25, 0.3) is 11.8 Å². The van der Waals surface area contributed by atoms with E-state index in [1.807, 2.05) is 51.1 Å². The second-order valence-electron chi connectivity index (χ2n) is 9.44. The van der Waals surface area contributed by atoms with Gasteiger partial charge in [-0.05, 0) is 43.2 Å².